The number of nitrogens with zero attached hydrogens (tertiary/aromatic N) is 1. The van der Waals surface area contributed by atoms with Gasteiger partial charge in [0.15, 0.2) is 0 Å². The molecule has 0 aromatic heterocycles. The van der Waals surface area contributed by atoms with Gasteiger partial charge in [0.25, 0.3) is 0 Å². The molecule has 1 heterocycles. The summed E-state index contributed by atoms with van der Waals surface area (Å²) in [5.74, 6) is -0.527. The van der Waals surface area contributed by atoms with E-state index in [9.17, 15) is 9.59 Å². The number of hydrogen-bond acceptors (Lipinski definition) is 2. The van der Waals surface area contributed by atoms with Gasteiger partial charge in [-0.05, 0) is 36.2 Å². The molecule has 1 N–H and O–H groups in total. The minimum atomic E-state index is -0.336. The van der Waals surface area contributed by atoms with Gasteiger partial charge < -0.3 is 10.2 Å². The van der Waals surface area contributed by atoms with Crippen LogP contribution < -0.4 is 10.2 Å². The molecule has 5 heteroatoms. The highest BCUT2D eigenvalue weighted by Crippen LogP contribution is 2.27. The molecule has 0 fully saturated rings. The van der Waals surface area contributed by atoms with Crippen molar-refractivity contribution >= 4 is 34.8 Å². The molecule has 112 valence electrons. The third-order valence-electron chi connectivity index (χ3n) is 3.61. The molecule has 0 aliphatic carbocycles. The second-order valence-electron chi connectivity index (χ2n) is 5.16. The van der Waals surface area contributed by atoms with Crippen molar-refractivity contribution in [2.75, 3.05) is 16.8 Å². The summed E-state index contributed by atoms with van der Waals surface area (Å²) in [5.41, 5.74) is 2.64. The van der Waals surface area contributed by atoms with Crippen LogP contribution in [0, 0.1) is 0 Å². The summed E-state index contributed by atoms with van der Waals surface area (Å²) < 4.78 is 0. The first-order chi connectivity index (χ1) is 10.6. The Hall–Kier alpha value is -2.33. The third-order valence-corrected chi connectivity index (χ3v) is 3.84. The number of carbonyl (C=O) groups excluding carboxylic acids is 2. The molecule has 22 heavy (non-hydrogen) atoms. The van der Waals surface area contributed by atoms with Crippen LogP contribution in [-0.4, -0.2) is 18.4 Å². The Balaban J connectivity index is 1.64. The van der Waals surface area contributed by atoms with E-state index < -0.39 is 0 Å². The average molecular weight is 315 g/mol. The first kappa shape index (κ1) is 14.6. The van der Waals surface area contributed by atoms with Gasteiger partial charge in [0.1, 0.15) is 6.42 Å². The molecule has 4 nitrogen and oxygen atoms in total. The maximum absolute atomic E-state index is 12.3. The number of nitrogens with one attached hydrogen (secondary N) is 1. The zero-order valence-electron chi connectivity index (χ0n) is 11.9. The molecule has 3 rings (SSSR count). The van der Waals surface area contributed by atoms with E-state index in [0.717, 1.165) is 17.7 Å². The van der Waals surface area contributed by atoms with Gasteiger partial charge in [0, 0.05) is 22.9 Å². The van der Waals surface area contributed by atoms with Crippen LogP contribution in [0.1, 0.15) is 12.0 Å². The smallest absolute Gasteiger partial charge is 0.236 e. The highest BCUT2D eigenvalue weighted by Gasteiger charge is 2.25. The molecule has 0 unspecified atom stereocenters. The number of carbonyl (C=O) groups is 2. The van der Waals surface area contributed by atoms with Gasteiger partial charge >= 0.3 is 0 Å². The van der Waals surface area contributed by atoms with E-state index in [1.54, 1.807) is 29.2 Å². The van der Waals surface area contributed by atoms with Crippen molar-refractivity contribution < 1.29 is 9.59 Å². The van der Waals surface area contributed by atoms with Gasteiger partial charge in [0.05, 0.1) is 0 Å². The van der Waals surface area contributed by atoms with Gasteiger partial charge in [-0.25, -0.2) is 0 Å². The summed E-state index contributed by atoms with van der Waals surface area (Å²) in [6.45, 7) is 0.628. The Kier molecular flexibility index (Phi) is 4.11. The van der Waals surface area contributed by atoms with Gasteiger partial charge in [-0.1, -0.05) is 35.9 Å². The molecule has 2 aromatic rings. The minimum Gasteiger partial charge on any atom is -0.326 e. The quantitative estimate of drug-likeness (QED) is 0.884. The van der Waals surface area contributed by atoms with Crippen LogP contribution in [0.2, 0.25) is 5.02 Å². The van der Waals surface area contributed by atoms with E-state index in [-0.39, 0.29) is 18.2 Å². The SMILES string of the molecule is O=C(CC(=O)N1CCc2ccccc21)Nc1cccc(Cl)c1. The zero-order valence-corrected chi connectivity index (χ0v) is 12.6. The monoisotopic (exact) mass is 314 g/mol. The lowest BCUT2D eigenvalue weighted by atomic mass is 10.2. The number of para-hydroxylation sites is 1. The summed E-state index contributed by atoms with van der Waals surface area (Å²) in [5, 5.41) is 3.23. The predicted molar refractivity (Wildman–Crippen MR) is 87.2 cm³/mol. The first-order valence-electron chi connectivity index (χ1n) is 7.07. The molecule has 0 radical (unpaired) electrons. The molecule has 2 amide bonds. The van der Waals surface area contributed by atoms with Crippen molar-refractivity contribution in [3.63, 3.8) is 0 Å². The van der Waals surface area contributed by atoms with Crippen molar-refractivity contribution in [3.8, 4) is 0 Å². The fourth-order valence-corrected chi connectivity index (χ4v) is 2.79. The van der Waals surface area contributed by atoms with Crippen LogP contribution in [-0.2, 0) is 16.0 Å². The highest BCUT2D eigenvalue weighted by atomic mass is 35.5. The van der Waals surface area contributed by atoms with Gasteiger partial charge in [-0.15, -0.1) is 0 Å². The number of benzene rings is 2. The fourth-order valence-electron chi connectivity index (χ4n) is 2.60. The normalized spacial score (nSPS) is 12.9. The van der Waals surface area contributed by atoms with Crippen LogP contribution in [0.5, 0.6) is 0 Å². The molecule has 0 bridgehead atoms. The predicted octanol–water partition coefficient (Wildman–Crippen LogP) is 3.26. The molecule has 0 saturated heterocycles. The number of halogens is 1. The molecule has 2 aromatic carbocycles. The second-order valence-corrected chi connectivity index (χ2v) is 5.60. The van der Waals surface area contributed by atoms with E-state index in [2.05, 4.69) is 5.32 Å². The van der Waals surface area contributed by atoms with E-state index in [1.165, 1.54) is 0 Å². The number of amides is 2. The van der Waals surface area contributed by atoms with E-state index in [1.807, 2.05) is 24.3 Å². The standard InChI is InChI=1S/C17H15ClN2O2/c18-13-5-3-6-14(10-13)19-16(21)11-17(22)20-9-8-12-4-1-2-7-15(12)20/h1-7,10H,8-9,11H2,(H,19,21). The first-order valence-corrected chi connectivity index (χ1v) is 7.45. The molecular weight excluding hydrogens is 300 g/mol. The largest absolute Gasteiger partial charge is 0.326 e. The summed E-state index contributed by atoms with van der Waals surface area (Å²) >= 11 is 5.87. The summed E-state index contributed by atoms with van der Waals surface area (Å²) in [6, 6.07) is 14.6. The molecule has 0 saturated carbocycles. The van der Waals surface area contributed by atoms with E-state index >= 15 is 0 Å². The van der Waals surface area contributed by atoms with Crippen molar-refractivity contribution in [2.45, 2.75) is 12.8 Å². The average Bonchev–Trinajstić information content (AvgIpc) is 2.91. The Labute approximate surface area is 133 Å². The van der Waals surface area contributed by atoms with E-state index in [4.69, 9.17) is 11.6 Å². The van der Waals surface area contributed by atoms with Crippen LogP contribution >= 0.6 is 11.6 Å². The van der Waals surface area contributed by atoms with Gasteiger partial charge in [0.2, 0.25) is 11.8 Å². The molecule has 0 spiro atoms. The lowest BCUT2D eigenvalue weighted by molar-refractivity contribution is -0.125. The maximum atomic E-state index is 12.3. The summed E-state index contributed by atoms with van der Waals surface area (Å²) in [4.78, 5) is 26.0. The fraction of sp³-hybridized carbons (Fsp3) is 0.176. The van der Waals surface area contributed by atoms with Crippen LogP contribution in [0.3, 0.4) is 0 Å². The Morgan fingerprint density at radius 3 is 2.77 bits per heavy atom. The number of anilines is 2. The Morgan fingerprint density at radius 2 is 1.95 bits per heavy atom. The number of fused-ring (bicyclic) bond motifs is 1. The molecular formula is C17H15ClN2O2. The highest BCUT2D eigenvalue weighted by molar-refractivity contribution is 6.30. The van der Waals surface area contributed by atoms with Crippen molar-refractivity contribution in [1.29, 1.82) is 0 Å². The molecule has 1 aliphatic rings. The number of hydrogen-bond donors (Lipinski definition) is 1. The van der Waals surface area contributed by atoms with Crippen LogP contribution in [0.25, 0.3) is 0 Å². The van der Waals surface area contributed by atoms with Crippen molar-refractivity contribution in [3.05, 3.63) is 59.1 Å². The topological polar surface area (TPSA) is 49.4 Å². The number of rotatable bonds is 3. The Bertz CT molecular complexity index is 730. The molecule has 0 atom stereocenters. The minimum absolute atomic E-state index is 0.180. The summed E-state index contributed by atoms with van der Waals surface area (Å²) in [6.07, 6.45) is 0.651. The van der Waals surface area contributed by atoms with Gasteiger partial charge in [-0.2, -0.15) is 0 Å². The second kappa shape index (κ2) is 6.20. The van der Waals surface area contributed by atoms with Crippen LogP contribution in [0.15, 0.2) is 48.5 Å². The third kappa shape index (κ3) is 3.12. The van der Waals surface area contributed by atoms with Gasteiger partial charge in [-0.3, -0.25) is 9.59 Å². The lowest BCUT2D eigenvalue weighted by Crippen LogP contribution is -2.32. The van der Waals surface area contributed by atoms with Crippen molar-refractivity contribution in [1.82, 2.24) is 0 Å². The lowest BCUT2D eigenvalue weighted by Gasteiger charge is -2.17. The zero-order chi connectivity index (χ0) is 15.5. The summed E-state index contributed by atoms with van der Waals surface area (Å²) in [7, 11) is 0. The van der Waals surface area contributed by atoms with Crippen molar-refractivity contribution in [2.24, 2.45) is 0 Å². The maximum Gasteiger partial charge on any atom is 0.236 e. The van der Waals surface area contributed by atoms with Crippen LogP contribution in [0.4, 0.5) is 11.4 Å². The molecule has 1 aliphatic heterocycles. The Morgan fingerprint density at radius 1 is 1.14 bits per heavy atom. The van der Waals surface area contributed by atoms with E-state index in [0.29, 0.717) is 17.3 Å².